The predicted molar refractivity (Wildman–Crippen MR) is 101 cm³/mol. The third kappa shape index (κ3) is 5.60. The number of aliphatic hydroxyl groups excluding tert-OH is 1. The predicted octanol–water partition coefficient (Wildman–Crippen LogP) is 3.39. The van der Waals surface area contributed by atoms with E-state index in [0.717, 1.165) is 12.2 Å². The highest BCUT2D eigenvalue weighted by Gasteiger charge is 2.34. The van der Waals surface area contributed by atoms with E-state index in [1.54, 1.807) is 17.1 Å². The second-order valence-electron chi connectivity index (χ2n) is 5.36. The summed E-state index contributed by atoms with van der Waals surface area (Å²) in [4.78, 5) is 14.2. The molecule has 1 aliphatic heterocycles. The number of halogens is 1. The van der Waals surface area contributed by atoms with E-state index in [2.05, 4.69) is 12.1 Å². The van der Waals surface area contributed by atoms with Crippen molar-refractivity contribution in [3.05, 3.63) is 48.0 Å². The Morgan fingerprint density at radius 3 is 2.91 bits per heavy atom. The summed E-state index contributed by atoms with van der Waals surface area (Å²) in [6.45, 7) is 0. The minimum Gasteiger partial charge on any atom is -0.389 e. The Hall–Kier alpha value is -0.880. The molecule has 1 saturated heterocycles. The highest BCUT2D eigenvalue weighted by molar-refractivity contribution is 8.23. The van der Waals surface area contributed by atoms with E-state index in [0.29, 0.717) is 16.6 Å². The van der Waals surface area contributed by atoms with Gasteiger partial charge in [0.25, 0.3) is 0 Å². The summed E-state index contributed by atoms with van der Waals surface area (Å²) in [5.74, 6) is 1.19. The standard InChI is InChI=1S/C17H20ClNO2S2/c18-9-5-4-8-15(20)11-16(21)19-14(12-23-17(19)22)10-13-6-2-1-3-7-13/h1-4,6-8,14-15,20H,5,9-12H2/b8-4+/t14-,15-/m1/s1. The van der Waals surface area contributed by atoms with Crippen LogP contribution >= 0.6 is 35.6 Å². The molecule has 1 aromatic carbocycles. The Balaban J connectivity index is 1.97. The van der Waals surface area contributed by atoms with Crippen LogP contribution < -0.4 is 0 Å². The van der Waals surface area contributed by atoms with Crippen molar-refractivity contribution in [2.24, 2.45) is 0 Å². The first-order valence-electron chi connectivity index (χ1n) is 7.55. The van der Waals surface area contributed by atoms with Gasteiger partial charge in [0.2, 0.25) is 5.91 Å². The van der Waals surface area contributed by atoms with Crippen LogP contribution in [0, 0.1) is 0 Å². The zero-order chi connectivity index (χ0) is 16.7. The van der Waals surface area contributed by atoms with Crippen LogP contribution in [0.3, 0.4) is 0 Å². The van der Waals surface area contributed by atoms with Crippen molar-refractivity contribution in [1.82, 2.24) is 4.90 Å². The van der Waals surface area contributed by atoms with E-state index in [4.69, 9.17) is 23.8 Å². The normalized spacial score (nSPS) is 19.5. The van der Waals surface area contributed by atoms with E-state index in [-0.39, 0.29) is 18.4 Å². The molecule has 1 aromatic rings. The number of carbonyl (C=O) groups is 1. The van der Waals surface area contributed by atoms with Crippen LogP contribution in [0.4, 0.5) is 0 Å². The molecule has 6 heteroatoms. The second-order valence-corrected chi connectivity index (χ2v) is 7.39. The van der Waals surface area contributed by atoms with Crippen molar-refractivity contribution < 1.29 is 9.90 Å². The smallest absolute Gasteiger partial charge is 0.231 e. The molecule has 2 rings (SSSR count). The fraction of sp³-hybridized carbons (Fsp3) is 0.412. The summed E-state index contributed by atoms with van der Waals surface area (Å²) in [6, 6.07) is 10.1. The second kappa shape index (κ2) is 9.42. The average molecular weight is 370 g/mol. The molecule has 1 aliphatic rings. The van der Waals surface area contributed by atoms with Gasteiger partial charge in [-0.2, -0.15) is 0 Å². The average Bonchev–Trinajstić information content (AvgIpc) is 2.89. The topological polar surface area (TPSA) is 40.5 Å². The SMILES string of the molecule is O=C(C[C@H](O)/C=C/CCCl)N1C(=S)SC[C@H]1Cc1ccccc1. The first-order valence-corrected chi connectivity index (χ1v) is 9.48. The number of carbonyl (C=O) groups excluding carboxylic acids is 1. The van der Waals surface area contributed by atoms with Crippen LogP contribution in [0.1, 0.15) is 18.4 Å². The Bertz CT molecular complexity index is 565. The van der Waals surface area contributed by atoms with Gasteiger partial charge in [-0.1, -0.05) is 66.5 Å². The van der Waals surface area contributed by atoms with Gasteiger partial charge in [0.1, 0.15) is 4.32 Å². The molecular weight excluding hydrogens is 350 g/mol. The highest BCUT2D eigenvalue weighted by Crippen LogP contribution is 2.27. The van der Waals surface area contributed by atoms with Gasteiger partial charge < -0.3 is 5.11 Å². The molecule has 0 spiro atoms. The van der Waals surface area contributed by atoms with Crippen molar-refractivity contribution in [3.63, 3.8) is 0 Å². The number of hydrogen-bond acceptors (Lipinski definition) is 4. The highest BCUT2D eigenvalue weighted by atomic mass is 35.5. The number of aliphatic hydroxyl groups is 1. The first-order chi connectivity index (χ1) is 11.1. The first kappa shape index (κ1) is 18.5. The maximum absolute atomic E-state index is 12.5. The lowest BCUT2D eigenvalue weighted by Gasteiger charge is -2.24. The molecule has 1 heterocycles. The summed E-state index contributed by atoms with van der Waals surface area (Å²) in [6.07, 6.45) is 4.13. The minimum absolute atomic E-state index is 0.0464. The van der Waals surface area contributed by atoms with E-state index < -0.39 is 6.10 Å². The number of benzene rings is 1. The van der Waals surface area contributed by atoms with Crippen LogP contribution in [0.15, 0.2) is 42.5 Å². The van der Waals surface area contributed by atoms with Crippen molar-refractivity contribution in [3.8, 4) is 0 Å². The van der Waals surface area contributed by atoms with Crippen molar-refractivity contribution >= 4 is 45.8 Å². The van der Waals surface area contributed by atoms with Gasteiger partial charge in [0.15, 0.2) is 0 Å². The zero-order valence-electron chi connectivity index (χ0n) is 12.7. The fourth-order valence-corrected chi connectivity index (χ4v) is 4.04. The number of nitrogens with zero attached hydrogens (tertiary/aromatic N) is 1. The molecule has 1 N–H and O–H groups in total. The van der Waals surface area contributed by atoms with Crippen LogP contribution in [-0.2, 0) is 11.2 Å². The van der Waals surface area contributed by atoms with Gasteiger partial charge in [0.05, 0.1) is 18.6 Å². The number of rotatable bonds is 7. The largest absolute Gasteiger partial charge is 0.389 e. The Morgan fingerprint density at radius 2 is 2.22 bits per heavy atom. The summed E-state index contributed by atoms with van der Waals surface area (Å²) >= 11 is 12.4. The summed E-state index contributed by atoms with van der Waals surface area (Å²) < 4.78 is 0.605. The van der Waals surface area contributed by atoms with E-state index in [9.17, 15) is 9.90 Å². The third-order valence-corrected chi connectivity index (χ3v) is 5.33. The minimum atomic E-state index is -0.795. The lowest BCUT2D eigenvalue weighted by molar-refractivity contribution is -0.129. The maximum atomic E-state index is 12.5. The molecule has 0 bridgehead atoms. The molecule has 1 fully saturated rings. The lowest BCUT2D eigenvalue weighted by atomic mass is 10.1. The maximum Gasteiger partial charge on any atom is 0.231 e. The molecule has 0 aliphatic carbocycles. The monoisotopic (exact) mass is 369 g/mol. The molecule has 0 aromatic heterocycles. The summed E-state index contributed by atoms with van der Waals surface area (Å²) in [7, 11) is 0. The van der Waals surface area contributed by atoms with E-state index in [1.165, 1.54) is 17.3 Å². The number of alkyl halides is 1. The molecule has 2 atom stereocenters. The Labute approximate surface area is 151 Å². The van der Waals surface area contributed by atoms with Crippen LogP contribution in [0.5, 0.6) is 0 Å². The molecule has 1 amide bonds. The molecule has 0 unspecified atom stereocenters. The van der Waals surface area contributed by atoms with Gasteiger partial charge in [0, 0.05) is 11.6 Å². The molecule has 124 valence electrons. The van der Waals surface area contributed by atoms with Crippen LogP contribution in [0.25, 0.3) is 0 Å². The summed E-state index contributed by atoms with van der Waals surface area (Å²) in [5.41, 5.74) is 1.18. The van der Waals surface area contributed by atoms with E-state index in [1.807, 2.05) is 18.2 Å². The third-order valence-electron chi connectivity index (χ3n) is 3.56. The summed E-state index contributed by atoms with van der Waals surface area (Å²) in [5, 5.41) is 9.94. The van der Waals surface area contributed by atoms with Crippen LogP contribution in [-0.4, -0.2) is 44.0 Å². The molecule has 0 radical (unpaired) electrons. The lowest BCUT2D eigenvalue weighted by Crippen LogP contribution is -2.41. The molecule has 23 heavy (non-hydrogen) atoms. The molecule has 3 nitrogen and oxygen atoms in total. The van der Waals surface area contributed by atoms with Gasteiger partial charge in [-0.25, -0.2) is 0 Å². The molecule has 0 saturated carbocycles. The van der Waals surface area contributed by atoms with Crippen molar-refractivity contribution in [2.45, 2.75) is 31.4 Å². The van der Waals surface area contributed by atoms with Gasteiger partial charge in [-0.3, -0.25) is 9.69 Å². The quantitative estimate of drug-likeness (QED) is 0.454. The van der Waals surface area contributed by atoms with Crippen molar-refractivity contribution in [2.75, 3.05) is 11.6 Å². The van der Waals surface area contributed by atoms with Gasteiger partial charge >= 0.3 is 0 Å². The van der Waals surface area contributed by atoms with Crippen LogP contribution in [0.2, 0.25) is 0 Å². The van der Waals surface area contributed by atoms with Gasteiger partial charge in [-0.05, 0) is 18.4 Å². The molecular formula is C17H20ClNO2S2. The number of thioether (sulfide) groups is 1. The van der Waals surface area contributed by atoms with E-state index >= 15 is 0 Å². The zero-order valence-corrected chi connectivity index (χ0v) is 15.1. The number of thiocarbonyl (C=S) groups is 1. The number of allylic oxidation sites excluding steroid dienone is 1. The van der Waals surface area contributed by atoms with Crippen molar-refractivity contribution in [1.29, 1.82) is 0 Å². The number of amides is 1. The number of hydrogen-bond donors (Lipinski definition) is 1. The Morgan fingerprint density at radius 1 is 1.48 bits per heavy atom. The van der Waals surface area contributed by atoms with Gasteiger partial charge in [-0.15, -0.1) is 11.6 Å². The fourth-order valence-electron chi connectivity index (χ4n) is 2.46. The Kier molecular flexibility index (Phi) is 7.56.